The topological polar surface area (TPSA) is 80.9 Å². The molecule has 0 N–H and O–H groups in total. The van der Waals surface area contributed by atoms with Gasteiger partial charge in [0.2, 0.25) is 0 Å². The molecule has 5 aromatic carbocycles. The zero-order chi connectivity index (χ0) is 32.3. The van der Waals surface area contributed by atoms with Crippen LogP contribution in [-0.4, -0.2) is 33.3 Å². The van der Waals surface area contributed by atoms with Gasteiger partial charge in [0.05, 0.1) is 44.9 Å². The lowest BCUT2D eigenvalue weighted by Crippen LogP contribution is -2.41. The Hall–Kier alpha value is -5.42. The van der Waals surface area contributed by atoms with Crippen molar-refractivity contribution in [1.29, 1.82) is 5.26 Å². The Morgan fingerprint density at radius 1 is 0.574 bits per heavy atom. The van der Waals surface area contributed by atoms with Crippen LogP contribution in [0.5, 0.6) is 0 Å². The highest BCUT2D eigenvalue weighted by Gasteiger charge is 2.51. The van der Waals surface area contributed by atoms with Crippen molar-refractivity contribution >= 4 is 45.3 Å². The molecule has 0 spiro atoms. The van der Waals surface area contributed by atoms with Crippen molar-refractivity contribution < 1.29 is 9.31 Å². The third kappa shape index (κ3) is 4.77. The summed E-state index contributed by atoms with van der Waals surface area (Å²) in [7, 11) is -0.463. The van der Waals surface area contributed by atoms with E-state index < -0.39 is 18.3 Å². The average molecular weight is 611 g/mol. The molecule has 7 aromatic rings. The molecule has 0 radical (unpaired) electrons. The normalized spacial score (nSPS) is 15.3. The zero-order valence-corrected chi connectivity index (χ0v) is 26.7. The molecular formula is C40H31BN4O2. The number of benzene rings is 5. The molecule has 0 bridgehead atoms. The maximum Gasteiger partial charge on any atom is 0.494 e. The van der Waals surface area contributed by atoms with Gasteiger partial charge in [-0.25, -0.2) is 15.0 Å². The Morgan fingerprint density at radius 2 is 1.11 bits per heavy atom. The fourth-order valence-corrected chi connectivity index (χ4v) is 6.31. The van der Waals surface area contributed by atoms with Gasteiger partial charge in [0.1, 0.15) is 11.6 Å². The Balaban J connectivity index is 1.39. The van der Waals surface area contributed by atoms with Crippen LogP contribution < -0.4 is 5.46 Å². The third-order valence-corrected chi connectivity index (χ3v) is 9.53. The molecule has 0 amide bonds. The van der Waals surface area contributed by atoms with Crippen molar-refractivity contribution in [3.63, 3.8) is 0 Å². The predicted octanol–water partition coefficient (Wildman–Crippen LogP) is 8.50. The highest BCUT2D eigenvalue weighted by Crippen LogP contribution is 2.41. The van der Waals surface area contributed by atoms with Crippen molar-refractivity contribution in [2.24, 2.45) is 0 Å². The second-order valence-electron chi connectivity index (χ2n) is 13.0. The predicted molar refractivity (Wildman–Crippen MR) is 189 cm³/mol. The third-order valence-electron chi connectivity index (χ3n) is 9.53. The van der Waals surface area contributed by atoms with E-state index in [0.29, 0.717) is 16.6 Å². The molecule has 6 nitrogen and oxygen atoms in total. The largest absolute Gasteiger partial charge is 0.494 e. The van der Waals surface area contributed by atoms with Gasteiger partial charge in [-0.15, -0.1) is 0 Å². The number of pyridine rings is 1. The number of aromatic nitrogens is 3. The highest BCUT2D eigenvalue weighted by molar-refractivity contribution is 6.62. The maximum atomic E-state index is 10.5. The molecule has 1 saturated heterocycles. The van der Waals surface area contributed by atoms with Crippen LogP contribution >= 0.6 is 0 Å². The average Bonchev–Trinajstić information content (AvgIpc) is 3.33. The minimum absolute atomic E-state index is 0.429. The van der Waals surface area contributed by atoms with Gasteiger partial charge in [-0.05, 0) is 45.3 Å². The Labute approximate surface area is 273 Å². The van der Waals surface area contributed by atoms with Crippen molar-refractivity contribution in [2.75, 3.05) is 0 Å². The van der Waals surface area contributed by atoms with Gasteiger partial charge in [-0.1, -0.05) is 103 Å². The molecule has 0 aliphatic carbocycles. The maximum absolute atomic E-state index is 10.5. The van der Waals surface area contributed by atoms with Crippen molar-refractivity contribution in [3.8, 4) is 39.8 Å². The monoisotopic (exact) mass is 610 g/mol. The number of fused-ring (bicyclic) bond motifs is 5. The van der Waals surface area contributed by atoms with Crippen LogP contribution in [0.1, 0.15) is 33.3 Å². The first-order chi connectivity index (χ1) is 22.7. The van der Waals surface area contributed by atoms with Crippen LogP contribution in [0.4, 0.5) is 0 Å². The highest BCUT2D eigenvalue weighted by atomic mass is 16.7. The molecule has 1 fully saturated rings. The minimum atomic E-state index is -0.463. The standard InChI is InChI=1S/C40H31BN4O2/c1-39(2)40(3,4)47-41(46-39)29-21-19-27(20-22-29)34-31-23-28(24-42)37-38(33(31)30-17-11-12-18-32(30)43-34)45-36(26-15-9-6-10-16-26)35(44-37)25-13-7-5-8-14-25/h5-23H,1-4H3. The van der Waals surface area contributed by atoms with Gasteiger partial charge < -0.3 is 9.31 Å². The van der Waals surface area contributed by atoms with Gasteiger partial charge in [0.25, 0.3) is 0 Å². The summed E-state index contributed by atoms with van der Waals surface area (Å²) in [4.78, 5) is 15.7. The molecule has 1 aliphatic heterocycles. The summed E-state index contributed by atoms with van der Waals surface area (Å²) >= 11 is 0. The molecule has 0 atom stereocenters. The van der Waals surface area contributed by atoms with E-state index in [-0.39, 0.29) is 0 Å². The summed E-state index contributed by atoms with van der Waals surface area (Å²) in [6.45, 7) is 8.22. The second-order valence-corrected chi connectivity index (χ2v) is 13.0. The molecular weight excluding hydrogens is 579 g/mol. The van der Waals surface area contributed by atoms with E-state index in [1.165, 1.54) is 0 Å². The van der Waals surface area contributed by atoms with Gasteiger partial charge in [-0.3, -0.25) is 0 Å². The van der Waals surface area contributed by atoms with Gasteiger partial charge in [0.15, 0.2) is 0 Å². The molecule has 0 unspecified atom stereocenters. The molecule has 8 rings (SSSR count). The molecule has 0 saturated carbocycles. The van der Waals surface area contributed by atoms with Crippen LogP contribution in [0, 0.1) is 11.3 Å². The fourth-order valence-electron chi connectivity index (χ4n) is 6.31. The first kappa shape index (κ1) is 29.0. The number of nitrogens with zero attached hydrogens (tertiary/aromatic N) is 4. The number of rotatable bonds is 4. The van der Waals surface area contributed by atoms with Crippen molar-refractivity contribution in [1.82, 2.24) is 15.0 Å². The second kappa shape index (κ2) is 10.8. The molecule has 1 aliphatic rings. The number of hydrogen-bond donors (Lipinski definition) is 0. The molecule has 3 heterocycles. The first-order valence-electron chi connectivity index (χ1n) is 15.8. The number of para-hydroxylation sites is 1. The van der Waals surface area contributed by atoms with E-state index in [1.54, 1.807) is 0 Å². The zero-order valence-electron chi connectivity index (χ0n) is 26.7. The van der Waals surface area contributed by atoms with E-state index in [0.717, 1.165) is 60.9 Å². The Morgan fingerprint density at radius 3 is 1.70 bits per heavy atom. The summed E-state index contributed by atoms with van der Waals surface area (Å²) in [6.07, 6.45) is 0. The summed E-state index contributed by atoms with van der Waals surface area (Å²) in [5, 5.41) is 13.2. The SMILES string of the molecule is CC1(C)OB(c2ccc(-c3nc4ccccc4c4c3cc(C#N)c3nc(-c5ccccc5)c(-c5ccccc5)nc34)cc2)OC1(C)C. The van der Waals surface area contributed by atoms with E-state index in [9.17, 15) is 5.26 Å². The van der Waals surface area contributed by atoms with E-state index in [1.807, 2.05) is 109 Å². The van der Waals surface area contributed by atoms with Gasteiger partial charge >= 0.3 is 7.12 Å². The minimum Gasteiger partial charge on any atom is -0.399 e. The Bertz CT molecular complexity index is 2350. The van der Waals surface area contributed by atoms with Crippen LogP contribution in [0.2, 0.25) is 0 Å². The molecule has 7 heteroatoms. The fraction of sp³-hybridized carbons (Fsp3) is 0.150. The number of nitriles is 1. The van der Waals surface area contributed by atoms with Crippen LogP contribution in [0.25, 0.3) is 66.5 Å². The van der Waals surface area contributed by atoms with Gasteiger partial charge in [-0.2, -0.15) is 5.26 Å². The molecule has 47 heavy (non-hydrogen) atoms. The van der Waals surface area contributed by atoms with Crippen molar-refractivity contribution in [3.05, 3.63) is 121 Å². The number of hydrogen-bond acceptors (Lipinski definition) is 6. The van der Waals surface area contributed by atoms with E-state index >= 15 is 0 Å². The summed E-state index contributed by atoms with van der Waals surface area (Å²) in [5.41, 5.74) is 7.68. The van der Waals surface area contributed by atoms with E-state index in [4.69, 9.17) is 24.3 Å². The first-order valence-corrected chi connectivity index (χ1v) is 15.8. The lowest BCUT2D eigenvalue weighted by molar-refractivity contribution is 0.00578. The summed E-state index contributed by atoms with van der Waals surface area (Å²) in [6, 6.07) is 40.7. The van der Waals surface area contributed by atoms with Crippen molar-refractivity contribution in [2.45, 2.75) is 38.9 Å². The van der Waals surface area contributed by atoms with E-state index in [2.05, 4.69) is 39.8 Å². The molecule has 226 valence electrons. The summed E-state index contributed by atoms with van der Waals surface area (Å²) < 4.78 is 12.6. The molecule has 2 aromatic heterocycles. The lowest BCUT2D eigenvalue weighted by atomic mass is 9.78. The smallest absolute Gasteiger partial charge is 0.399 e. The summed E-state index contributed by atoms with van der Waals surface area (Å²) in [5.74, 6) is 0. The van der Waals surface area contributed by atoms with Crippen LogP contribution in [0.3, 0.4) is 0 Å². The van der Waals surface area contributed by atoms with Gasteiger partial charge in [0, 0.05) is 32.8 Å². The Kier molecular flexibility index (Phi) is 6.69. The quantitative estimate of drug-likeness (QED) is 0.147. The van der Waals surface area contributed by atoms with Crippen LogP contribution in [-0.2, 0) is 9.31 Å². The van der Waals surface area contributed by atoms with Crippen LogP contribution in [0.15, 0.2) is 115 Å². The lowest BCUT2D eigenvalue weighted by Gasteiger charge is -2.32.